The highest BCUT2D eigenvalue weighted by molar-refractivity contribution is 6.30. The molecule has 0 unspecified atom stereocenters. The van der Waals surface area contributed by atoms with E-state index in [9.17, 15) is 9.59 Å². The van der Waals surface area contributed by atoms with Crippen LogP contribution < -0.4 is 10.6 Å². The molecule has 0 saturated heterocycles. The fourth-order valence-corrected chi connectivity index (χ4v) is 3.39. The number of rotatable bonds is 5. The van der Waals surface area contributed by atoms with Crippen LogP contribution in [0, 0.1) is 12.3 Å². The van der Waals surface area contributed by atoms with Crippen molar-refractivity contribution in [3.8, 4) is 11.5 Å². The number of benzene rings is 1. The number of nitrogens with one attached hydrogen (secondary N) is 2. The van der Waals surface area contributed by atoms with Gasteiger partial charge >= 0.3 is 0 Å². The fraction of sp³-hybridized carbons (Fsp3) is 0.318. The van der Waals surface area contributed by atoms with E-state index in [1.165, 1.54) is 0 Å². The van der Waals surface area contributed by atoms with E-state index in [2.05, 4.69) is 15.7 Å². The van der Waals surface area contributed by atoms with Crippen molar-refractivity contribution in [2.24, 2.45) is 5.41 Å². The Bertz CT molecular complexity index is 1050. The van der Waals surface area contributed by atoms with Gasteiger partial charge < -0.3 is 15.2 Å². The maximum absolute atomic E-state index is 13.2. The molecule has 0 radical (unpaired) electrons. The lowest BCUT2D eigenvalue weighted by atomic mass is 9.86. The van der Waals surface area contributed by atoms with Gasteiger partial charge in [-0.25, -0.2) is 4.68 Å². The summed E-state index contributed by atoms with van der Waals surface area (Å²) in [4.78, 5) is 25.5. The number of hydrogen-bond donors (Lipinski definition) is 2. The monoisotopic (exact) mass is 427 g/mol. The van der Waals surface area contributed by atoms with Crippen molar-refractivity contribution in [3.05, 3.63) is 65.1 Å². The molecule has 2 aromatic heterocycles. The summed E-state index contributed by atoms with van der Waals surface area (Å²) < 4.78 is 3.60. The smallest absolute Gasteiger partial charge is 0.272 e. The Kier molecular flexibility index (Phi) is 6.03. The summed E-state index contributed by atoms with van der Waals surface area (Å²) >= 11 is 6.03. The minimum Gasteiger partial charge on any atom is -0.357 e. The zero-order valence-electron chi connectivity index (χ0n) is 17.7. The predicted octanol–water partition coefficient (Wildman–Crippen LogP) is 3.52. The summed E-state index contributed by atoms with van der Waals surface area (Å²) in [6.07, 6.45) is 3.78. The standard InChI is InChI=1S/C22H26ClN5O2/c1-14-17(19(29)25-18(20(30)24-5)22(2,3)4)26-28(16-10-8-15(23)9-11-16)21(14)27-12-6-7-13-27/h6-13,18H,1-5H3,(H,24,30)(H,25,29)/t18-/m1/s1. The topological polar surface area (TPSA) is 81.0 Å². The number of likely N-dealkylation sites (N-methyl/N-ethyl adjacent to an activating group) is 1. The molecule has 0 saturated carbocycles. The molecule has 3 rings (SSSR count). The first kappa shape index (κ1) is 21.6. The van der Waals surface area contributed by atoms with Crippen LogP contribution in [0.25, 0.3) is 11.5 Å². The highest BCUT2D eigenvalue weighted by Gasteiger charge is 2.34. The summed E-state index contributed by atoms with van der Waals surface area (Å²) in [6.45, 7) is 7.54. The molecule has 0 aliphatic carbocycles. The second kappa shape index (κ2) is 8.36. The molecule has 0 fully saturated rings. The van der Waals surface area contributed by atoms with Crippen LogP contribution in [0.2, 0.25) is 5.02 Å². The quantitative estimate of drug-likeness (QED) is 0.653. The third kappa shape index (κ3) is 4.26. The Balaban J connectivity index is 2.07. The lowest BCUT2D eigenvalue weighted by Gasteiger charge is -2.29. The molecular weight excluding hydrogens is 402 g/mol. The van der Waals surface area contributed by atoms with Gasteiger partial charge in [-0.05, 0) is 48.7 Å². The summed E-state index contributed by atoms with van der Waals surface area (Å²) in [7, 11) is 1.55. The molecule has 7 nitrogen and oxygen atoms in total. The minimum atomic E-state index is -0.704. The predicted molar refractivity (Wildman–Crippen MR) is 117 cm³/mol. The molecule has 2 amide bonds. The molecule has 1 atom stereocenters. The Labute approximate surface area is 181 Å². The van der Waals surface area contributed by atoms with Crippen LogP contribution in [0.3, 0.4) is 0 Å². The van der Waals surface area contributed by atoms with E-state index in [-0.39, 0.29) is 11.6 Å². The third-order valence-corrected chi connectivity index (χ3v) is 5.13. The Morgan fingerprint density at radius 3 is 2.23 bits per heavy atom. The molecular formula is C22H26ClN5O2. The number of amides is 2. The summed E-state index contributed by atoms with van der Waals surface area (Å²) in [5, 5.41) is 10.7. The molecule has 8 heteroatoms. The molecule has 158 valence electrons. The number of carbonyl (C=O) groups is 2. The summed E-state index contributed by atoms with van der Waals surface area (Å²) in [5.41, 5.74) is 1.25. The lowest BCUT2D eigenvalue weighted by molar-refractivity contribution is -0.124. The van der Waals surface area contributed by atoms with E-state index < -0.39 is 17.4 Å². The molecule has 0 aliphatic heterocycles. The van der Waals surface area contributed by atoms with E-state index >= 15 is 0 Å². The summed E-state index contributed by atoms with van der Waals surface area (Å²) in [6, 6.07) is 10.3. The normalized spacial score (nSPS) is 12.5. The van der Waals surface area contributed by atoms with Crippen molar-refractivity contribution in [1.82, 2.24) is 25.0 Å². The van der Waals surface area contributed by atoms with Gasteiger partial charge in [0, 0.05) is 30.0 Å². The van der Waals surface area contributed by atoms with Crippen LogP contribution in [0.4, 0.5) is 0 Å². The van der Waals surface area contributed by atoms with Crippen LogP contribution in [0.15, 0.2) is 48.8 Å². The van der Waals surface area contributed by atoms with Crippen molar-refractivity contribution in [1.29, 1.82) is 0 Å². The van der Waals surface area contributed by atoms with Gasteiger partial charge in [0.15, 0.2) is 5.69 Å². The van der Waals surface area contributed by atoms with E-state index in [0.29, 0.717) is 10.6 Å². The van der Waals surface area contributed by atoms with Crippen molar-refractivity contribution in [3.63, 3.8) is 0 Å². The molecule has 30 heavy (non-hydrogen) atoms. The molecule has 0 bridgehead atoms. The second-order valence-electron chi connectivity index (χ2n) is 8.16. The first-order chi connectivity index (χ1) is 14.1. The average molecular weight is 428 g/mol. The van der Waals surface area contributed by atoms with Crippen LogP contribution in [0.1, 0.15) is 36.8 Å². The molecule has 3 aromatic rings. The zero-order valence-corrected chi connectivity index (χ0v) is 18.5. The van der Waals surface area contributed by atoms with Gasteiger partial charge in [-0.2, -0.15) is 5.10 Å². The summed E-state index contributed by atoms with van der Waals surface area (Å²) in [5.74, 6) is 0.0770. The molecule has 0 aliphatic rings. The minimum absolute atomic E-state index is 0.253. The van der Waals surface area contributed by atoms with Gasteiger partial charge in [-0.1, -0.05) is 32.4 Å². The van der Waals surface area contributed by atoms with Gasteiger partial charge in [-0.3, -0.25) is 9.59 Å². The van der Waals surface area contributed by atoms with E-state index in [0.717, 1.165) is 11.5 Å². The largest absolute Gasteiger partial charge is 0.357 e. The van der Waals surface area contributed by atoms with Gasteiger partial charge in [0.05, 0.1) is 5.69 Å². The maximum Gasteiger partial charge on any atom is 0.272 e. The fourth-order valence-electron chi connectivity index (χ4n) is 3.26. The maximum atomic E-state index is 13.2. The van der Waals surface area contributed by atoms with E-state index in [4.69, 9.17) is 11.6 Å². The first-order valence-corrected chi connectivity index (χ1v) is 10.0. The van der Waals surface area contributed by atoms with Gasteiger partial charge in [0.1, 0.15) is 11.9 Å². The number of aromatic nitrogens is 3. The second-order valence-corrected chi connectivity index (χ2v) is 8.60. The van der Waals surface area contributed by atoms with Crippen LogP contribution in [-0.2, 0) is 4.79 Å². The highest BCUT2D eigenvalue weighted by Crippen LogP contribution is 2.25. The molecule has 2 N–H and O–H groups in total. The Morgan fingerprint density at radius 2 is 1.70 bits per heavy atom. The van der Waals surface area contributed by atoms with Crippen LogP contribution in [0.5, 0.6) is 0 Å². The average Bonchev–Trinajstić information content (AvgIpc) is 3.32. The van der Waals surface area contributed by atoms with E-state index in [1.807, 2.05) is 68.9 Å². The number of halogens is 1. The molecule has 0 spiro atoms. The van der Waals surface area contributed by atoms with Gasteiger partial charge in [0.25, 0.3) is 5.91 Å². The van der Waals surface area contributed by atoms with Gasteiger partial charge in [0.2, 0.25) is 5.91 Å². The number of hydrogen-bond acceptors (Lipinski definition) is 3. The lowest BCUT2D eigenvalue weighted by Crippen LogP contribution is -2.53. The third-order valence-electron chi connectivity index (χ3n) is 4.88. The van der Waals surface area contributed by atoms with Crippen molar-refractivity contribution < 1.29 is 9.59 Å². The van der Waals surface area contributed by atoms with Crippen LogP contribution >= 0.6 is 11.6 Å². The van der Waals surface area contributed by atoms with Crippen molar-refractivity contribution >= 4 is 23.4 Å². The Morgan fingerprint density at radius 1 is 1.10 bits per heavy atom. The van der Waals surface area contributed by atoms with Crippen LogP contribution in [-0.4, -0.2) is 39.3 Å². The molecule has 1 aromatic carbocycles. The Hall–Kier alpha value is -3.06. The highest BCUT2D eigenvalue weighted by atomic mass is 35.5. The van der Waals surface area contributed by atoms with E-state index in [1.54, 1.807) is 23.9 Å². The molecule has 2 heterocycles. The number of carbonyl (C=O) groups excluding carboxylic acids is 2. The van der Waals surface area contributed by atoms with Crippen molar-refractivity contribution in [2.45, 2.75) is 33.7 Å². The van der Waals surface area contributed by atoms with Crippen molar-refractivity contribution in [2.75, 3.05) is 7.05 Å². The van der Waals surface area contributed by atoms with Gasteiger partial charge in [-0.15, -0.1) is 0 Å². The number of nitrogens with zero attached hydrogens (tertiary/aromatic N) is 3. The SMILES string of the molecule is CNC(=O)[C@@H](NC(=O)c1nn(-c2ccc(Cl)cc2)c(-n2cccc2)c1C)C(C)(C)C. The first-order valence-electron chi connectivity index (χ1n) is 9.65. The zero-order chi connectivity index (χ0) is 22.1.